The Balaban J connectivity index is 1.71. The van der Waals surface area contributed by atoms with Gasteiger partial charge in [0, 0.05) is 31.7 Å². The molecular formula is C18H18ClFN2O4S. The second kappa shape index (κ2) is 7.84. The molecule has 0 radical (unpaired) electrons. The Hall–Kier alpha value is -2.16. The first-order valence-electron chi connectivity index (χ1n) is 8.22. The van der Waals surface area contributed by atoms with Crippen LogP contribution in [0.25, 0.3) is 0 Å². The molecule has 144 valence electrons. The van der Waals surface area contributed by atoms with Crippen molar-refractivity contribution in [3.63, 3.8) is 0 Å². The molecule has 1 fully saturated rings. The van der Waals surface area contributed by atoms with Gasteiger partial charge in [-0.25, -0.2) is 12.8 Å². The van der Waals surface area contributed by atoms with Crippen molar-refractivity contribution in [1.29, 1.82) is 0 Å². The number of carbonyl (C=O) groups is 1. The molecule has 2 aromatic carbocycles. The number of methoxy groups -OCH3 is 1. The molecule has 9 heteroatoms. The SMILES string of the molecule is COc1ccc(C(=O)N2CCN(S(=O)(=O)c3ccccc3Cl)CC2)cc1F. The van der Waals surface area contributed by atoms with Crippen LogP contribution < -0.4 is 4.74 Å². The van der Waals surface area contributed by atoms with Gasteiger partial charge in [-0.15, -0.1) is 0 Å². The molecule has 1 saturated heterocycles. The van der Waals surface area contributed by atoms with Crippen LogP contribution in [0.2, 0.25) is 5.02 Å². The van der Waals surface area contributed by atoms with Crippen LogP contribution in [0, 0.1) is 5.82 Å². The minimum Gasteiger partial charge on any atom is -0.494 e. The predicted octanol–water partition coefficient (Wildman–Crippen LogP) is 2.63. The largest absolute Gasteiger partial charge is 0.494 e. The van der Waals surface area contributed by atoms with Gasteiger partial charge in [-0.1, -0.05) is 23.7 Å². The lowest BCUT2D eigenvalue weighted by Crippen LogP contribution is -2.50. The van der Waals surface area contributed by atoms with Crippen LogP contribution in [0.5, 0.6) is 5.75 Å². The van der Waals surface area contributed by atoms with E-state index in [4.69, 9.17) is 16.3 Å². The monoisotopic (exact) mass is 412 g/mol. The summed E-state index contributed by atoms with van der Waals surface area (Å²) in [6.45, 7) is 0.683. The van der Waals surface area contributed by atoms with Crippen LogP contribution in [0.15, 0.2) is 47.4 Å². The summed E-state index contributed by atoms with van der Waals surface area (Å²) in [6, 6.07) is 10.2. The number of nitrogens with zero attached hydrogens (tertiary/aromatic N) is 2. The molecule has 0 saturated carbocycles. The molecule has 0 N–H and O–H groups in total. The summed E-state index contributed by atoms with van der Waals surface area (Å²) < 4.78 is 45.5. The van der Waals surface area contributed by atoms with Crippen LogP contribution in [-0.2, 0) is 10.0 Å². The van der Waals surface area contributed by atoms with Crippen molar-refractivity contribution >= 4 is 27.5 Å². The number of halogens is 2. The Kier molecular flexibility index (Phi) is 5.69. The standard InChI is InChI=1S/C18H18ClFN2O4S/c1-26-16-7-6-13(12-15(16)20)18(23)21-8-10-22(11-9-21)27(24,25)17-5-3-2-4-14(17)19/h2-7,12H,8-11H2,1H3. The van der Waals surface area contributed by atoms with E-state index in [2.05, 4.69) is 0 Å². The fraction of sp³-hybridized carbons (Fsp3) is 0.278. The lowest BCUT2D eigenvalue weighted by atomic mass is 10.1. The maximum atomic E-state index is 13.8. The van der Waals surface area contributed by atoms with Crippen molar-refractivity contribution in [1.82, 2.24) is 9.21 Å². The van der Waals surface area contributed by atoms with Crippen LogP contribution in [0.4, 0.5) is 4.39 Å². The molecule has 6 nitrogen and oxygen atoms in total. The molecule has 0 atom stereocenters. The Bertz CT molecular complexity index is 960. The zero-order chi connectivity index (χ0) is 19.6. The van der Waals surface area contributed by atoms with E-state index in [9.17, 15) is 17.6 Å². The Morgan fingerprint density at radius 1 is 1.11 bits per heavy atom. The Morgan fingerprint density at radius 2 is 1.78 bits per heavy atom. The maximum Gasteiger partial charge on any atom is 0.254 e. The van der Waals surface area contributed by atoms with E-state index in [1.165, 1.54) is 40.6 Å². The number of piperazine rings is 1. The van der Waals surface area contributed by atoms with E-state index in [0.717, 1.165) is 6.07 Å². The van der Waals surface area contributed by atoms with Crippen molar-refractivity contribution in [2.24, 2.45) is 0 Å². The molecule has 1 amide bonds. The quantitative estimate of drug-likeness (QED) is 0.774. The summed E-state index contributed by atoms with van der Waals surface area (Å²) in [4.78, 5) is 14.1. The molecule has 0 bridgehead atoms. The van der Waals surface area contributed by atoms with Crippen molar-refractivity contribution in [2.75, 3.05) is 33.3 Å². The number of hydrogen-bond acceptors (Lipinski definition) is 4. The van der Waals surface area contributed by atoms with Gasteiger partial charge in [0.15, 0.2) is 11.6 Å². The van der Waals surface area contributed by atoms with Gasteiger partial charge in [0.05, 0.1) is 12.1 Å². The lowest BCUT2D eigenvalue weighted by molar-refractivity contribution is 0.0697. The van der Waals surface area contributed by atoms with Gasteiger partial charge >= 0.3 is 0 Å². The predicted molar refractivity (Wildman–Crippen MR) is 99.1 cm³/mol. The van der Waals surface area contributed by atoms with E-state index >= 15 is 0 Å². The third kappa shape index (κ3) is 3.92. The maximum absolute atomic E-state index is 13.8. The number of benzene rings is 2. The molecule has 1 heterocycles. The number of hydrogen-bond donors (Lipinski definition) is 0. The molecule has 3 rings (SSSR count). The fourth-order valence-corrected chi connectivity index (χ4v) is 4.82. The molecular weight excluding hydrogens is 395 g/mol. The number of sulfonamides is 1. The van der Waals surface area contributed by atoms with Crippen LogP contribution in [0.3, 0.4) is 0 Å². The lowest BCUT2D eigenvalue weighted by Gasteiger charge is -2.34. The van der Waals surface area contributed by atoms with E-state index in [1.807, 2.05) is 0 Å². The fourth-order valence-electron chi connectivity index (χ4n) is 2.91. The number of carbonyl (C=O) groups excluding carboxylic acids is 1. The smallest absolute Gasteiger partial charge is 0.254 e. The van der Waals surface area contributed by atoms with E-state index in [0.29, 0.717) is 0 Å². The Labute approximate surface area is 162 Å². The summed E-state index contributed by atoms with van der Waals surface area (Å²) in [5, 5.41) is 0.157. The van der Waals surface area contributed by atoms with Crippen molar-refractivity contribution in [3.05, 3.63) is 58.9 Å². The Morgan fingerprint density at radius 3 is 2.37 bits per heavy atom. The molecule has 27 heavy (non-hydrogen) atoms. The van der Waals surface area contributed by atoms with Crippen LogP contribution >= 0.6 is 11.6 Å². The topological polar surface area (TPSA) is 66.9 Å². The first-order valence-corrected chi connectivity index (χ1v) is 10.0. The van der Waals surface area contributed by atoms with Gasteiger partial charge in [-0.2, -0.15) is 4.31 Å². The van der Waals surface area contributed by atoms with Crippen LogP contribution in [-0.4, -0.2) is 56.8 Å². The second-order valence-electron chi connectivity index (χ2n) is 5.98. The highest BCUT2D eigenvalue weighted by atomic mass is 35.5. The van der Waals surface area contributed by atoms with E-state index in [-0.39, 0.29) is 53.3 Å². The normalized spacial score (nSPS) is 15.6. The minimum atomic E-state index is -3.74. The van der Waals surface area contributed by atoms with Crippen molar-refractivity contribution in [2.45, 2.75) is 4.90 Å². The zero-order valence-electron chi connectivity index (χ0n) is 14.6. The average molecular weight is 413 g/mol. The molecule has 0 aromatic heterocycles. The minimum absolute atomic E-state index is 0.0451. The van der Waals surface area contributed by atoms with Gasteiger partial charge in [0.25, 0.3) is 5.91 Å². The number of rotatable bonds is 4. The van der Waals surface area contributed by atoms with Gasteiger partial charge < -0.3 is 9.64 Å². The van der Waals surface area contributed by atoms with Gasteiger partial charge in [0.2, 0.25) is 10.0 Å². The average Bonchev–Trinajstić information content (AvgIpc) is 2.67. The highest BCUT2D eigenvalue weighted by molar-refractivity contribution is 7.89. The molecule has 1 aliphatic heterocycles. The summed E-state index contributed by atoms with van der Waals surface area (Å²) in [5.41, 5.74) is 0.190. The first-order chi connectivity index (χ1) is 12.8. The van der Waals surface area contributed by atoms with Crippen molar-refractivity contribution in [3.8, 4) is 5.75 Å². The summed E-state index contributed by atoms with van der Waals surface area (Å²) in [6.07, 6.45) is 0. The summed E-state index contributed by atoms with van der Waals surface area (Å²) in [5.74, 6) is -0.920. The molecule has 0 aliphatic carbocycles. The molecule has 1 aliphatic rings. The number of ether oxygens (including phenoxy) is 1. The molecule has 0 spiro atoms. The van der Waals surface area contributed by atoms with E-state index < -0.39 is 15.8 Å². The highest BCUT2D eigenvalue weighted by Crippen LogP contribution is 2.25. The first kappa shape index (κ1) is 19.6. The summed E-state index contributed by atoms with van der Waals surface area (Å²) >= 11 is 6.01. The second-order valence-corrected chi connectivity index (χ2v) is 8.29. The van der Waals surface area contributed by atoms with Gasteiger partial charge in [-0.05, 0) is 30.3 Å². The third-order valence-electron chi connectivity index (χ3n) is 4.38. The number of amides is 1. The van der Waals surface area contributed by atoms with Crippen LogP contribution in [0.1, 0.15) is 10.4 Å². The summed E-state index contributed by atoms with van der Waals surface area (Å²) in [7, 11) is -2.39. The van der Waals surface area contributed by atoms with E-state index in [1.54, 1.807) is 12.1 Å². The van der Waals surface area contributed by atoms with Crippen molar-refractivity contribution < 1.29 is 22.3 Å². The van der Waals surface area contributed by atoms with Gasteiger partial charge in [-0.3, -0.25) is 4.79 Å². The van der Waals surface area contributed by atoms with Gasteiger partial charge in [0.1, 0.15) is 4.90 Å². The third-order valence-corrected chi connectivity index (χ3v) is 6.78. The molecule has 0 unspecified atom stereocenters. The zero-order valence-corrected chi connectivity index (χ0v) is 16.1. The highest BCUT2D eigenvalue weighted by Gasteiger charge is 2.31. The molecule has 2 aromatic rings.